The first-order valence-electron chi connectivity index (χ1n) is 5.86. The molecule has 1 aromatic heterocycles. The molecule has 94 valence electrons. The molecule has 0 saturated heterocycles. The number of rotatable bonds is 4. The Labute approximate surface area is 111 Å². The van der Waals surface area contributed by atoms with Crippen LogP contribution in [0.25, 0.3) is 0 Å². The molecule has 2 rings (SSSR count). The van der Waals surface area contributed by atoms with Crippen LogP contribution in [0.3, 0.4) is 0 Å². The Balaban J connectivity index is 2.13. The third-order valence-electron chi connectivity index (χ3n) is 2.56. The zero-order valence-electron chi connectivity index (χ0n) is 10.1. The number of benzene rings is 1. The molecule has 0 aliphatic rings. The molecule has 2 aromatic rings. The van der Waals surface area contributed by atoms with Crippen LogP contribution in [-0.4, -0.2) is 4.98 Å². The molecule has 1 aromatic carbocycles. The summed E-state index contributed by atoms with van der Waals surface area (Å²) in [6.07, 6.45) is 3.58. The van der Waals surface area contributed by atoms with Gasteiger partial charge in [0.2, 0.25) is 0 Å². The standard InChI is InChI=1S/C14H14ClFN2/c1-2-3-10-4-6-12(7-5-10)18-14-13(16)8-11(15)9-17-14/h4-9H,2-3H2,1H3,(H,17,18). The van der Waals surface area contributed by atoms with Crippen molar-refractivity contribution in [2.45, 2.75) is 19.8 Å². The van der Waals surface area contributed by atoms with Crippen LogP contribution in [0.4, 0.5) is 15.9 Å². The number of hydrogen-bond donors (Lipinski definition) is 1. The molecular weight excluding hydrogens is 251 g/mol. The van der Waals surface area contributed by atoms with Gasteiger partial charge >= 0.3 is 0 Å². The summed E-state index contributed by atoms with van der Waals surface area (Å²) >= 11 is 5.65. The van der Waals surface area contributed by atoms with E-state index in [4.69, 9.17) is 11.6 Å². The van der Waals surface area contributed by atoms with Gasteiger partial charge in [-0.1, -0.05) is 37.1 Å². The van der Waals surface area contributed by atoms with Crippen molar-refractivity contribution in [3.8, 4) is 0 Å². The second-order valence-electron chi connectivity index (χ2n) is 4.06. The third kappa shape index (κ3) is 3.20. The molecule has 0 amide bonds. The van der Waals surface area contributed by atoms with Gasteiger partial charge in [0.25, 0.3) is 0 Å². The molecule has 0 spiro atoms. The second kappa shape index (κ2) is 5.83. The van der Waals surface area contributed by atoms with Gasteiger partial charge in [-0.3, -0.25) is 0 Å². The van der Waals surface area contributed by atoms with Crippen molar-refractivity contribution in [3.05, 3.63) is 52.9 Å². The molecule has 0 aliphatic heterocycles. The van der Waals surface area contributed by atoms with Gasteiger partial charge in [0, 0.05) is 11.9 Å². The minimum atomic E-state index is -0.458. The predicted octanol–water partition coefficient (Wildman–Crippen LogP) is 4.57. The number of nitrogens with zero attached hydrogens (tertiary/aromatic N) is 1. The minimum absolute atomic E-state index is 0.183. The van der Waals surface area contributed by atoms with Gasteiger partial charge in [-0.25, -0.2) is 9.37 Å². The summed E-state index contributed by atoms with van der Waals surface area (Å²) in [6, 6.07) is 9.13. The lowest BCUT2D eigenvalue weighted by atomic mass is 10.1. The maximum Gasteiger partial charge on any atom is 0.167 e. The van der Waals surface area contributed by atoms with Gasteiger partial charge in [0.05, 0.1) is 5.02 Å². The van der Waals surface area contributed by atoms with Crippen LogP contribution in [0.15, 0.2) is 36.5 Å². The van der Waals surface area contributed by atoms with Crippen LogP contribution in [0.1, 0.15) is 18.9 Å². The summed E-state index contributed by atoms with van der Waals surface area (Å²) in [5, 5.41) is 3.21. The molecule has 1 N–H and O–H groups in total. The van der Waals surface area contributed by atoms with E-state index < -0.39 is 5.82 Å². The topological polar surface area (TPSA) is 24.9 Å². The van der Waals surface area contributed by atoms with E-state index >= 15 is 0 Å². The number of aryl methyl sites for hydroxylation is 1. The Morgan fingerprint density at radius 3 is 2.61 bits per heavy atom. The van der Waals surface area contributed by atoms with E-state index in [-0.39, 0.29) is 10.8 Å². The molecule has 0 aliphatic carbocycles. The third-order valence-corrected chi connectivity index (χ3v) is 2.77. The van der Waals surface area contributed by atoms with Gasteiger partial charge in [-0.15, -0.1) is 0 Å². The molecule has 0 bridgehead atoms. The zero-order valence-corrected chi connectivity index (χ0v) is 10.8. The van der Waals surface area contributed by atoms with Crippen LogP contribution >= 0.6 is 11.6 Å². The SMILES string of the molecule is CCCc1ccc(Nc2ncc(Cl)cc2F)cc1. The molecule has 18 heavy (non-hydrogen) atoms. The summed E-state index contributed by atoms with van der Waals surface area (Å²) in [4.78, 5) is 3.91. The largest absolute Gasteiger partial charge is 0.338 e. The normalized spacial score (nSPS) is 10.4. The van der Waals surface area contributed by atoms with Crippen LogP contribution in [0.2, 0.25) is 5.02 Å². The minimum Gasteiger partial charge on any atom is -0.338 e. The summed E-state index contributed by atoms with van der Waals surface area (Å²) < 4.78 is 13.5. The van der Waals surface area contributed by atoms with Crippen molar-refractivity contribution >= 4 is 23.1 Å². The first-order chi connectivity index (χ1) is 8.69. The Morgan fingerprint density at radius 2 is 2.00 bits per heavy atom. The molecule has 0 unspecified atom stereocenters. The van der Waals surface area contributed by atoms with Crippen molar-refractivity contribution in [2.75, 3.05) is 5.32 Å². The molecule has 0 radical (unpaired) electrons. The fourth-order valence-electron chi connectivity index (χ4n) is 1.69. The lowest BCUT2D eigenvalue weighted by molar-refractivity contribution is 0.626. The molecule has 2 nitrogen and oxygen atoms in total. The van der Waals surface area contributed by atoms with Crippen molar-refractivity contribution in [1.82, 2.24) is 4.98 Å². The van der Waals surface area contributed by atoms with E-state index in [0.717, 1.165) is 18.5 Å². The Hall–Kier alpha value is -1.61. The smallest absolute Gasteiger partial charge is 0.167 e. The molecule has 1 heterocycles. The maximum absolute atomic E-state index is 13.5. The van der Waals surface area contributed by atoms with E-state index in [1.807, 2.05) is 24.3 Å². The van der Waals surface area contributed by atoms with Gasteiger partial charge < -0.3 is 5.32 Å². The van der Waals surface area contributed by atoms with Crippen molar-refractivity contribution in [3.63, 3.8) is 0 Å². The summed E-state index contributed by atoms with van der Waals surface area (Å²) in [5.74, 6) is -0.275. The average molecular weight is 265 g/mol. The highest BCUT2D eigenvalue weighted by atomic mass is 35.5. The van der Waals surface area contributed by atoms with Gasteiger partial charge in [0.1, 0.15) is 0 Å². The molecule has 0 fully saturated rings. The van der Waals surface area contributed by atoms with Crippen molar-refractivity contribution in [2.24, 2.45) is 0 Å². The summed E-state index contributed by atoms with van der Waals surface area (Å²) in [5.41, 5.74) is 2.08. The number of anilines is 2. The van der Waals surface area contributed by atoms with E-state index in [1.165, 1.54) is 17.8 Å². The van der Waals surface area contributed by atoms with E-state index in [2.05, 4.69) is 17.2 Å². The molecule has 0 atom stereocenters. The lowest BCUT2D eigenvalue weighted by Gasteiger charge is -2.07. The fraction of sp³-hybridized carbons (Fsp3) is 0.214. The van der Waals surface area contributed by atoms with E-state index in [1.54, 1.807) is 0 Å². The Bertz CT molecular complexity index is 526. The highest BCUT2D eigenvalue weighted by molar-refractivity contribution is 6.30. The van der Waals surface area contributed by atoms with Crippen LogP contribution in [0, 0.1) is 5.82 Å². The number of aromatic nitrogens is 1. The molecular formula is C14H14ClFN2. The predicted molar refractivity (Wildman–Crippen MR) is 72.9 cm³/mol. The first kappa shape index (κ1) is 12.8. The van der Waals surface area contributed by atoms with Crippen molar-refractivity contribution < 1.29 is 4.39 Å². The second-order valence-corrected chi connectivity index (χ2v) is 4.49. The quantitative estimate of drug-likeness (QED) is 0.875. The summed E-state index contributed by atoms with van der Waals surface area (Å²) in [7, 11) is 0. The molecule has 4 heteroatoms. The highest BCUT2D eigenvalue weighted by Crippen LogP contribution is 2.20. The number of pyridine rings is 1. The van der Waals surface area contributed by atoms with Gasteiger partial charge in [-0.2, -0.15) is 0 Å². The van der Waals surface area contributed by atoms with E-state index in [0.29, 0.717) is 0 Å². The van der Waals surface area contributed by atoms with Crippen LogP contribution in [0.5, 0.6) is 0 Å². The maximum atomic E-state index is 13.5. The summed E-state index contributed by atoms with van der Waals surface area (Å²) in [6.45, 7) is 2.14. The van der Waals surface area contributed by atoms with E-state index in [9.17, 15) is 4.39 Å². The average Bonchev–Trinajstić information content (AvgIpc) is 2.35. The monoisotopic (exact) mass is 264 g/mol. The van der Waals surface area contributed by atoms with Crippen LogP contribution in [-0.2, 0) is 6.42 Å². The first-order valence-corrected chi connectivity index (χ1v) is 6.24. The zero-order chi connectivity index (χ0) is 13.0. The highest BCUT2D eigenvalue weighted by Gasteiger charge is 2.04. The Morgan fingerprint density at radius 1 is 1.28 bits per heavy atom. The number of nitrogens with one attached hydrogen (secondary N) is 1. The fourth-order valence-corrected chi connectivity index (χ4v) is 1.83. The van der Waals surface area contributed by atoms with Crippen LogP contribution < -0.4 is 5.32 Å². The van der Waals surface area contributed by atoms with Gasteiger partial charge in [-0.05, 0) is 30.2 Å². The van der Waals surface area contributed by atoms with Gasteiger partial charge in [0.15, 0.2) is 11.6 Å². The molecule has 0 saturated carbocycles. The number of halogens is 2. The Kier molecular flexibility index (Phi) is 4.15. The van der Waals surface area contributed by atoms with Crippen molar-refractivity contribution in [1.29, 1.82) is 0 Å². The lowest BCUT2D eigenvalue weighted by Crippen LogP contribution is -1.97. The number of hydrogen-bond acceptors (Lipinski definition) is 2.